The maximum absolute atomic E-state index is 13.6. The highest BCUT2D eigenvalue weighted by atomic mass is 31.2. The molecule has 0 radical (unpaired) electrons. The zero-order chi connectivity index (χ0) is 21.1. The Balaban J connectivity index is 2.42. The monoisotopic (exact) mass is 406 g/mol. The highest BCUT2D eigenvalue weighted by Crippen LogP contribution is 2.44. The van der Waals surface area contributed by atoms with Gasteiger partial charge in [0.05, 0.1) is 18.7 Å². The predicted molar refractivity (Wildman–Crippen MR) is 108 cm³/mol. The van der Waals surface area contributed by atoms with Gasteiger partial charge in [0.15, 0.2) is 0 Å². The molecule has 0 aromatic heterocycles. The molecule has 2 atom stereocenters. The van der Waals surface area contributed by atoms with Gasteiger partial charge in [-0.1, -0.05) is 23.8 Å². The normalized spacial score (nSPS) is 14.8. The van der Waals surface area contributed by atoms with Crippen molar-refractivity contribution in [2.75, 3.05) is 6.16 Å². The van der Waals surface area contributed by atoms with Gasteiger partial charge in [-0.15, -0.1) is 0 Å². The summed E-state index contributed by atoms with van der Waals surface area (Å²) in [4.78, 5) is 20.7. The molecule has 7 heteroatoms. The molecule has 0 aliphatic carbocycles. The van der Waals surface area contributed by atoms with E-state index in [1.54, 1.807) is 19.1 Å². The van der Waals surface area contributed by atoms with Crippen LogP contribution in [0.1, 0.15) is 28.7 Å². The summed E-state index contributed by atoms with van der Waals surface area (Å²) in [7, 11) is -3.88. The molecule has 0 saturated carbocycles. The largest absolute Gasteiger partial charge is 0.481 e. The molecule has 3 N–H and O–H groups in total. The molecule has 0 heterocycles. The third-order valence-corrected chi connectivity index (χ3v) is 5.92. The van der Waals surface area contributed by atoms with Crippen LogP contribution in [0.15, 0.2) is 36.1 Å². The molecular formula is C21H24FO5P. The first-order valence-electron chi connectivity index (χ1n) is 8.77. The summed E-state index contributed by atoms with van der Waals surface area (Å²) < 4.78 is 26.0. The number of aliphatic hydroxyl groups is 1. The van der Waals surface area contributed by atoms with Crippen LogP contribution in [0.2, 0.25) is 0 Å². The Morgan fingerprint density at radius 3 is 2.46 bits per heavy atom. The second-order valence-corrected chi connectivity index (χ2v) is 9.19. The molecule has 1 unspecified atom stereocenters. The number of hydrogen-bond acceptors (Lipinski definition) is 3. The number of benzene rings is 2. The molecule has 150 valence electrons. The van der Waals surface area contributed by atoms with Gasteiger partial charge < -0.3 is 15.1 Å². The minimum absolute atomic E-state index is 0.308. The summed E-state index contributed by atoms with van der Waals surface area (Å²) in [5.41, 5.74) is 4.65. The van der Waals surface area contributed by atoms with E-state index in [2.05, 4.69) is 0 Å². The van der Waals surface area contributed by atoms with Crippen LogP contribution in [-0.2, 0) is 9.36 Å². The van der Waals surface area contributed by atoms with Crippen molar-refractivity contribution in [2.24, 2.45) is 0 Å². The highest BCUT2D eigenvalue weighted by Gasteiger charge is 2.22. The summed E-state index contributed by atoms with van der Waals surface area (Å²) >= 11 is 0. The molecule has 2 rings (SSSR count). The first-order chi connectivity index (χ1) is 13.0. The molecule has 0 bridgehead atoms. The molecular weight excluding hydrogens is 382 g/mol. The van der Waals surface area contributed by atoms with E-state index in [1.165, 1.54) is 12.1 Å². The van der Waals surface area contributed by atoms with E-state index in [0.29, 0.717) is 11.1 Å². The lowest BCUT2D eigenvalue weighted by molar-refractivity contribution is -0.138. The highest BCUT2D eigenvalue weighted by molar-refractivity contribution is 7.61. The number of aryl methyl sites for hydroxylation is 3. The lowest BCUT2D eigenvalue weighted by Gasteiger charge is -2.14. The van der Waals surface area contributed by atoms with Crippen LogP contribution in [0.5, 0.6) is 0 Å². The zero-order valence-electron chi connectivity index (χ0n) is 16.0. The van der Waals surface area contributed by atoms with Gasteiger partial charge in [0.2, 0.25) is 7.37 Å². The van der Waals surface area contributed by atoms with Crippen molar-refractivity contribution < 1.29 is 28.9 Å². The van der Waals surface area contributed by atoms with Crippen LogP contribution in [0.4, 0.5) is 4.39 Å². The van der Waals surface area contributed by atoms with E-state index < -0.39 is 32.0 Å². The van der Waals surface area contributed by atoms with Crippen LogP contribution >= 0.6 is 7.37 Å². The van der Waals surface area contributed by atoms with E-state index in [1.807, 2.05) is 26.0 Å². The molecule has 0 saturated heterocycles. The lowest BCUT2D eigenvalue weighted by Crippen LogP contribution is -2.16. The summed E-state index contributed by atoms with van der Waals surface area (Å²) in [6.45, 7) is 5.47. The number of aliphatic carboxylic acids is 1. The fraction of sp³-hybridized carbons (Fsp3) is 0.286. The molecule has 0 spiro atoms. The standard InChI is InChI=1S/C21H24FO5P/c1-13-8-14(2)18(6-7-28(26,27)12-17(23)11-21(24)25)19(9-13)16-4-5-20(22)15(3)10-16/h4-10,17,23H,11-12H2,1-3H3,(H,24,25)(H,26,27)/b7-6-/t17-/m0/s1. The van der Waals surface area contributed by atoms with Crippen molar-refractivity contribution in [3.8, 4) is 11.1 Å². The number of carbonyl (C=O) groups is 1. The summed E-state index contributed by atoms with van der Waals surface area (Å²) in [5.74, 6) is -0.423. The number of carboxylic acids is 1. The molecule has 28 heavy (non-hydrogen) atoms. The SMILES string of the molecule is Cc1cc(C)c(/C=C\P(=O)(O)C[C@@H](O)CC(=O)O)c(-c2ccc(F)c(C)c2)c1. The summed E-state index contributed by atoms with van der Waals surface area (Å²) in [6, 6.07) is 8.61. The van der Waals surface area contributed by atoms with Gasteiger partial charge in [-0.3, -0.25) is 9.36 Å². The Labute approximate surface area is 163 Å². The van der Waals surface area contributed by atoms with Crippen LogP contribution < -0.4 is 0 Å². The molecule has 2 aromatic carbocycles. The molecule has 2 aromatic rings. The third-order valence-electron chi connectivity index (χ3n) is 4.36. The number of carboxylic acid groups (broad SMARTS) is 1. The van der Waals surface area contributed by atoms with Crippen molar-refractivity contribution in [1.29, 1.82) is 0 Å². The summed E-state index contributed by atoms with van der Waals surface area (Å²) in [6.07, 6.45) is -1.03. The van der Waals surface area contributed by atoms with E-state index in [0.717, 1.165) is 28.1 Å². The Kier molecular flexibility index (Phi) is 6.94. The van der Waals surface area contributed by atoms with Gasteiger partial charge in [-0.25, -0.2) is 4.39 Å². The maximum atomic E-state index is 13.6. The number of hydrogen-bond donors (Lipinski definition) is 3. The van der Waals surface area contributed by atoms with Crippen molar-refractivity contribution in [3.05, 3.63) is 64.2 Å². The molecule has 0 fully saturated rings. The molecule has 0 aliphatic rings. The second kappa shape index (κ2) is 8.82. The van der Waals surface area contributed by atoms with Crippen LogP contribution in [0, 0.1) is 26.6 Å². The van der Waals surface area contributed by atoms with Crippen molar-refractivity contribution >= 4 is 19.4 Å². The molecule has 0 amide bonds. The average Bonchev–Trinajstić information content (AvgIpc) is 2.54. The number of rotatable bonds is 7. The minimum Gasteiger partial charge on any atom is -0.481 e. The maximum Gasteiger partial charge on any atom is 0.305 e. The molecule has 0 aliphatic heterocycles. The summed E-state index contributed by atoms with van der Waals surface area (Å²) in [5, 5.41) is 18.3. The Morgan fingerprint density at radius 1 is 1.18 bits per heavy atom. The van der Waals surface area contributed by atoms with E-state index in [4.69, 9.17) is 5.11 Å². The third kappa shape index (κ3) is 5.86. The quantitative estimate of drug-likeness (QED) is 0.589. The first-order valence-corrected chi connectivity index (χ1v) is 10.7. The predicted octanol–water partition coefficient (Wildman–Crippen LogP) is 4.49. The topological polar surface area (TPSA) is 94.8 Å². The van der Waals surface area contributed by atoms with Gasteiger partial charge in [0, 0.05) is 5.82 Å². The fourth-order valence-electron chi connectivity index (χ4n) is 3.07. The van der Waals surface area contributed by atoms with Gasteiger partial charge in [-0.05, 0) is 66.8 Å². The fourth-order valence-corrected chi connectivity index (χ4v) is 4.31. The molecule has 5 nitrogen and oxygen atoms in total. The van der Waals surface area contributed by atoms with E-state index >= 15 is 0 Å². The van der Waals surface area contributed by atoms with Gasteiger partial charge >= 0.3 is 5.97 Å². The number of halogens is 1. The minimum atomic E-state index is -3.88. The average molecular weight is 406 g/mol. The second-order valence-electron chi connectivity index (χ2n) is 7.01. The van der Waals surface area contributed by atoms with Gasteiger partial charge in [0.1, 0.15) is 5.82 Å². The van der Waals surface area contributed by atoms with Crippen LogP contribution in [0.3, 0.4) is 0 Å². The smallest absolute Gasteiger partial charge is 0.305 e. The Bertz CT molecular complexity index is 968. The van der Waals surface area contributed by atoms with Crippen molar-refractivity contribution in [1.82, 2.24) is 0 Å². The van der Waals surface area contributed by atoms with E-state index in [-0.39, 0.29) is 5.82 Å². The Hall–Kier alpha value is -2.27. The zero-order valence-corrected chi connectivity index (χ0v) is 16.9. The van der Waals surface area contributed by atoms with E-state index in [9.17, 15) is 23.7 Å². The Morgan fingerprint density at radius 2 is 1.86 bits per heavy atom. The van der Waals surface area contributed by atoms with Crippen molar-refractivity contribution in [2.45, 2.75) is 33.3 Å². The lowest BCUT2D eigenvalue weighted by atomic mass is 9.93. The van der Waals surface area contributed by atoms with Crippen molar-refractivity contribution in [3.63, 3.8) is 0 Å². The first kappa shape index (κ1) is 22.0. The number of aliphatic hydroxyl groups excluding tert-OH is 1. The van der Waals surface area contributed by atoms with Gasteiger partial charge in [-0.2, -0.15) is 0 Å². The van der Waals surface area contributed by atoms with Crippen LogP contribution in [0.25, 0.3) is 17.2 Å². The van der Waals surface area contributed by atoms with Crippen LogP contribution in [-0.4, -0.2) is 33.3 Å². The van der Waals surface area contributed by atoms with Gasteiger partial charge in [0.25, 0.3) is 0 Å².